The molecule has 1 aliphatic rings. The van der Waals surface area contributed by atoms with E-state index in [-0.39, 0.29) is 30.6 Å². The number of carbonyl (C=O) groups excluding carboxylic acids is 2. The van der Waals surface area contributed by atoms with Gasteiger partial charge in [-0.1, -0.05) is 0 Å². The first-order valence-electron chi connectivity index (χ1n) is 6.92. The minimum atomic E-state index is -0.449. The summed E-state index contributed by atoms with van der Waals surface area (Å²) in [4.78, 5) is 25.8. The number of amides is 2. The second-order valence-corrected chi connectivity index (χ2v) is 5.31. The molecule has 0 radical (unpaired) electrons. The summed E-state index contributed by atoms with van der Waals surface area (Å²) in [5, 5.41) is 9.36. The van der Waals surface area contributed by atoms with Crippen molar-refractivity contribution in [3.63, 3.8) is 0 Å². The molecule has 0 saturated carbocycles. The molecule has 2 amide bonds. The molecule has 1 unspecified atom stereocenters. The highest BCUT2D eigenvalue weighted by molar-refractivity contribution is 6.03. The number of aromatic nitrogens is 2. The number of nitrogens with zero attached hydrogens (tertiary/aromatic N) is 2. The number of aromatic amines is 1. The van der Waals surface area contributed by atoms with Crippen LogP contribution in [-0.4, -0.2) is 28.6 Å². The van der Waals surface area contributed by atoms with Crippen LogP contribution in [0.3, 0.4) is 0 Å². The second-order valence-electron chi connectivity index (χ2n) is 5.31. The molecule has 2 aromatic rings. The SMILES string of the molecule is Cc1cc(NC(=O)C2CC(=O)N(c3ccc(F)cc3)C2)n[nH]1. The Morgan fingerprint density at radius 2 is 2.14 bits per heavy atom. The third kappa shape index (κ3) is 2.83. The monoisotopic (exact) mass is 302 g/mol. The van der Waals surface area contributed by atoms with Crippen LogP contribution < -0.4 is 10.2 Å². The van der Waals surface area contributed by atoms with E-state index in [2.05, 4.69) is 15.5 Å². The van der Waals surface area contributed by atoms with Crippen molar-refractivity contribution < 1.29 is 14.0 Å². The van der Waals surface area contributed by atoms with Gasteiger partial charge >= 0.3 is 0 Å². The Hall–Kier alpha value is -2.70. The normalized spacial score (nSPS) is 17.8. The van der Waals surface area contributed by atoms with Crippen LogP contribution in [0.25, 0.3) is 0 Å². The van der Waals surface area contributed by atoms with Crippen LogP contribution >= 0.6 is 0 Å². The van der Waals surface area contributed by atoms with Gasteiger partial charge in [-0.25, -0.2) is 4.39 Å². The number of aryl methyl sites for hydroxylation is 1. The molecule has 1 aliphatic heterocycles. The molecule has 1 atom stereocenters. The molecule has 0 aliphatic carbocycles. The quantitative estimate of drug-likeness (QED) is 0.908. The number of hydrogen-bond acceptors (Lipinski definition) is 3. The van der Waals surface area contributed by atoms with Gasteiger partial charge in [-0.05, 0) is 31.2 Å². The third-order valence-corrected chi connectivity index (χ3v) is 3.59. The maximum Gasteiger partial charge on any atom is 0.231 e. The lowest BCUT2D eigenvalue weighted by atomic mass is 10.1. The molecule has 2 N–H and O–H groups in total. The highest BCUT2D eigenvalue weighted by Crippen LogP contribution is 2.26. The molecular weight excluding hydrogens is 287 g/mol. The first kappa shape index (κ1) is 14.2. The molecular formula is C15H15FN4O2. The van der Waals surface area contributed by atoms with E-state index in [4.69, 9.17) is 0 Å². The predicted octanol–water partition coefficient (Wildman–Crippen LogP) is 1.85. The zero-order valence-corrected chi connectivity index (χ0v) is 12.0. The molecule has 1 fully saturated rings. The molecule has 114 valence electrons. The minimum Gasteiger partial charge on any atom is -0.312 e. The second kappa shape index (κ2) is 5.59. The number of halogens is 1. The van der Waals surface area contributed by atoms with E-state index in [1.54, 1.807) is 6.07 Å². The van der Waals surface area contributed by atoms with Gasteiger partial charge in [-0.3, -0.25) is 14.7 Å². The summed E-state index contributed by atoms with van der Waals surface area (Å²) in [7, 11) is 0. The Morgan fingerprint density at radius 1 is 1.41 bits per heavy atom. The van der Waals surface area contributed by atoms with Crippen molar-refractivity contribution >= 4 is 23.3 Å². The molecule has 1 saturated heterocycles. The fourth-order valence-electron chi connectivity index (χ4n) is 2.46. The van der Waals surface area contributed by atoms with Gasteiger partial charge in [-0.15, -0.1) is 0 Å². The Kier molecular flexibility index (Phi) is 3.62. The lowest BCUT2D eigenvalue weighted by Gasteiger charge is -2.16. The zero-order chi connectivity index (χ0) is 15.7. The fourth-order valence-corrected chi connectivity index (χ4v) is 2.46. The number of hydrogen-bond donors (Lipinski definition) is 2. The van der Waals surface area contributed by atoms with Crippen molar-refractivity contribution in [2.24, 2.45) is 5.92 Å². The number of H-pyrrole nitrogens is 1. The van der Waals surface area contributed by atoms with Crippen molar-refractivity contribution in [1.82, 2.24) is 10.2 Å². The highest BCUT2D eigenvalue weighted by atomic mass is 19.1. The number of rotatable bonds is 3. The van der Waals surface area contributed by atoms with Crippen LogP contribution in [0.2, 0.25) is 0 Å². The van der Waals surface area contributed by atoms with Crippen molar-refractivity contribution in [2.75, 3.05) is 16.8 Å². The van der Waals surface area contributed by atoms with Gasteiger partial charge in [0.2, 0.25) is 11.8 Å². The van der Waals surface area contributed by atoms with Crippen LogP contribution in [0.5, 0.6) is 0 Å². The maximum absolute atomic E-state index is 12.9. The van der Waals surface area contributed by atoms with Crippen LogP contribution in [0.1, 0.15) is 12.1 Å². The molecule has 3 rings (SSSR count). The summed E-state index contributed by atoms with van der Waals surface area (Å²) in [5.74, 6) is -0.766. The average molecular weight is 302 g/mol. The van der Waals surface area contributed by atoms with Crippen molar-refractivity contribution in [3.05, 3.63) is 41.8 Å². The lowest BCUT2D eigenvalue weighted by Crippen LogP contribution is -2.28. The molecule has 1 aromatic heterocycles. The largest absolute Gasteiger partial charge is 0.312 e. The Balaban J connectivity index is 1.68. The van der Waals surface area contributed by atoms with Gasteiger partial charge in [0.1, 0.15) is 5.82 Å². The fraction of sp³-hybridized carbons (Fsp3) is 0.267. The van der Waals surface area contributed by atoms with E-state index in [9.17, 15) is 14.0 Å². The number of anilines is 2. The molecule has 0 bridgehead atoms. The summed E-state index contributed by atoms with van der Waals surface area (Å²) in [6, 6.07) is 7.37. The lowest BCUT2D eigenvalue weighted by molar-refractivity contribution is -0.122. The van der Waals surface area contributed by atoms with E-state index >= 15 is 0 Å². The molecule has 2 heterocycles. The summed E-state index contributed by atoms with van der Waals surface area (Å²) in [6.07, 6.45) is 0.132. The van der Waals surface area contributed by atoms with Gasteiger partial charge in [0.25, 0.3) is 0 Å². The predicted molar refractivity (Wildman–Crippen MR) is 78.8 cm³/mol. The van der Waals surface area contributed by atoms with Gasteiger partial charge in [0.05, 0.1) is 5.92 Å². The first-order valence-corrected chi connectivity index (χ1v) is 6.92. The highest BCUT2D eigenvalue weighted by Gasteiger charge is 2.35. The van der Waals surface area contributed by atoms with Crippen molar-refractivity contribution in [3.8, 4) is 0 Å². The molecule has 22 heavy (non-hydrogen) atoms. The first-order chi connectivity index (χ1) is 10.5. The molecule has 1 aromatic carbocycles. The van der Waals surface area contributed by atoms with Crippen molar-refractivity contribution in [2.45, 2.75) is 13.3 Å². The van der Waals surface area contributed by atoms with Gasteiger partial charge in [0.15, 0.2) is 5.82 Å². The molecule has 7 heteroatoms. The zero-order valence-electron chi connectivity index (χ0n) is 12.0. The Labute approximate surface area is 126 Å². The molecule has 6 nitrogen and oxygen atoms in total. The number of carbonyl (C=O) groups is 2. The van der Waals surface area contributed by atoms with E-state index in [0.717, 1.165) is 5.69 Å². The van der Waals surface area contributed by atoms with Gasteiger partial charge < -0.3 is 10.2 Å². The van der Waals surface area contributed by atoms with E-state index in [1.165, 1.54) is 29.2 Å². The summed E-state index contributed by atoms with van der Waals surface area (Å²) < 4.78 is 12.9. The smallest absolute Gasteiger partial charge is 0.231 e. The van der Waals surface area contributed by atoms with Gasteiger partial charge in [0, 0.05) is 30.4 Å². The van der Waals surface area contributed by atoms with Crippen LogP contribution in [-0.2, 0) is 9.59 Å². The molecule has 0 spiro atoms. The van der Waals surface area contributed by atoms with Crippen molar-refractivity contribution in [1.29, 1.82) is 0 Å². The summed E-state index contributed by atoms with van der Waals surface area (Å²) in [5.41, 5.74) is 1.43. The average Bonchev–Trinajstić information content (AvgIpc) is 3.06. The van der Waals surface area contributed by atoms with E-state index in [0.29, 0.717) is 11.5 Å². The van der Waals surface area contributed by atoms with Gasteiger partial charge in [-0.2, -0.15) is 5.10 Å². The van der Waals surface area contributed by atoms with E-state index in [1.807, 2.05) is 6.92 Å². The van der Waals surface area contributed by atoms with E-state index < -0.39 is 5.92 Å². The number of nitrogens with one attached hydrogen (secondary N) is 2. The Bertz CT molecular complexity index is 711. The maximum atomic E-state index is 12.9. The standard InChI is InChI=1S/C15H15FN4O2/c1-9-6-13(19-18-9)17-15(22)10-7-14(21)20(8-10)12-4-2-11(16)3-5-12/h2-6,10H,7-8H2,1H3,(H2,17,18,19,22). The number of benzene rings is 1. The summed E-state index contributed by atoms with van der Waals surface area (Å²) >= 11 is 0. The van der Waals surface area contributed by atoms with Crippen LogP contribution in [0.4, 0.5) is 15.9 Å². The Morgan fingerprint density at radius 3 is 2.77 bits per heavy atom. The minimum absolute atomic E-state index is 0.132. The third-order valence-electron chi connectivity index (χ3n) is 3.59. The van der Waals surface area contributed by atoms with Crippen LogP contribution in [0.15, 0.2) is 30.3 Å². The topological polar surface area (TPSA) is 78.1 Å². The summed E-state index contributed by atoms with van der Waals surface area (Å²) in [6.45, 7) is 2.11. The van der Waals surface area contributed by atoms with Crippen LogP contribution in [0, 0.1) is 18.7 Å².